The average molecular weight is 326 g/mol. The van der Waals surface area contributed by atoms with Crippen LogP contribution >= 0.6 is 0 Å². The Morgan fingerprint density at radius 1 is 0.760 bits per heavy atom. The summed E-state index contributed by atoms with van der Waals surface area (Å²) in [4.78, 5) is 9.35. The smallest absolute Gasteiger partial charge is 0.225 e. The average Bonchev–Trinajstić information content (AvgIpc) is 2.68. The summed E-state index contributed by atoms with van der Waals surface area (Å²) in [6, 6.07) is 26.3. The Hall–Kier alpha value is -3.20. The predicted octanol–water partition coefficient (Wildman–Crippen LogP) is 5.18. The highest BCUT2D eigenvalue weighted by atomic mass is 16.5. The van der Waals surface area contributed by atoms with Crippen molar-refractivity contribution in [3.05, 3.63) is 90.0 Å². The van der Waals surface area contributed by atoms with Crippen LogP contribution in [0.15, 0.2) is 78.9 Å². The number of rotatable bonds is 4. The molecule has 0 aliphatic heterocycles. The molecule has 122 valence electrons. The van der Waals surface area contributed by atoms with Crippen molar-refractivity contribution >= 4 is 10.9 Å². The summed E-state index contributed by atoms with van der Waals surface area (Å²) in [6.45, 7) is 2.56. The fourth-order valence-electron chi connectivity index (χ4n) is 2.71. The molecule has 0 aliphatic carbocycles. The molecule has 3 nitrogen and oxygen atoms in total. The molecule has 0 N–H and O–H groups in total. The number of benzene rings is 3. The lowest BCUT2D eigenvalue weighted by molar-refractivity contribution is 0.298. The molecule has 1 heterocycles. The third-order valence-electron chi connectivity index (χ3n) is 4.10. The number of para-hydroxylation sites is 1. The Kier molecular flexibility index (Phi) is 4.13. The van der Waals surface area contributed by atoms with Crippen LogP contribution in [0.3, 0.4) is 0 Å². The van der Waals surface area contributed by atoms with Crippen LogP contribution in [0, 0.1) is 6.92 Å². The lowest BCUT2D eigenvalue weighted by Crippen LogP contribution is -2.01. The van der Waals surface area contributed by atoms with Gasteiger partial charge in [-0.1, -0.05) is 72.3 Å². The van der Waals surface area contributed by atoms with E-state index < -0.39 is 0 Å². The zero-order chi connectivity index (χ0) is 17.1. The van der Waals surface area contributed by atoms with Gasteiger partial charge >= 0.3 is 0 Å². The van der Waals surface area contributed by atoms with Gasteiger partial charge in [0.15, 0.2) is 5.82 Å². The molecule has 3 aromatic carbocycles. The number of aryl methyl sites for hydroxylation is 1. The highest BCUT2D eigenvalue weighted by Crippen LogP contribution is 2.27. The Morgan fingerprint density at radius 2 is 1.48 bits per heavy atom. The van der Waals surface area contributed by atoms with Gasteiger partial charge in [-0.05, 0) is 24.6 Å². The van der Waals surface area contributed by atoms with Crippen LogP contribution in [0.25, 0.3) is 22.3 Å². The van der Waals surface area contributed by atoms with Crippen LogP contribution in [0.5, 0.6) is 5.88 Å². The quantitative estimate of drug-likeness (QED) is 0.518. The molecule has 0 radical (unpaired) electrons. The molecule has 0 aliphatic rings. The first kappa shape index (κ1) is 15.3. The van der Waals surface area contributed by atoms with Gasteiger partial charge in [0.25, 0.3) is 0 Å². The summed E-state index contributed by atoms with van der Waals surface area (Å²) in [7, 11) is 0. The molecular formula is C22H18N2O. The van der Waals surface area contributed by atoms with Crippen molar-refractivity contribution in [2.45, 2.75) is 13.5 Å². The number of ether oxygens (including phenoxy) is 1. The maximum absolute atomic E-state index is 6.06. The van der Waals surface area contributed by atoms with E-state index in [0.29, 0.717) is 18.3 Å². The second-order valence-corrected chi connectivity index (χ2v) is 6.01. The van der Waals surface area contributed by atoms with Gasteiger partial charge in [0.1, 0.15) is 6.61 Å². The Labute approximate surface area is 147 Å². The predicted molar refractivity (Wildman–Crippen MR) is 100 cm³/mol. The van der Waals surface area contributed by atoms with Gasteiger partial charge in [0, 0.05) is 5.56 Å². The minimum atomic E-state index is 0.482. The van der Waals surface area contributed by atoms with Gasteiger partial charge in [-0.15, -0.1) is 0 Å². The lowest BCUT2D eigenvalue weighted by atomic mass is 10.1. The standard InChI is InChI=1S/C22H18N2O/c1-16-11-13-17(14-12-16)15-25-22-19-9-5-6-10-20(19)23-21(24-22)18-7-3-2-4-8-18/h2-14H,15H2,1H3. The van der Waals surface area contributed by atoms with Crippen molar-refractivity contribution in [3.8, 4) is 17.3 Å². The van der Waals surface area contributed by atoms with Crippen LogP contribution in [0.1, 0.15) is 11.1 Å². The van der Waals surface area contributed by atoms with Crippen LogP contribution in [-0.4, -0.2) is 9.97 Å². The first-order chi connectivity index (χ1) is 12.3. The van der Waals surface area contributed by atoms with Gasteiger partial charge in [-0.25, -0.2) is 4.98 Å². The summed E-state index contributed by atoms with van der Waals surface area (Å²) >= 11 is 0. The molecular weight excluding hydrogens is 308 g/mol. The third kappa shape index (κ3) is 3.36. The summed E-state index contributed by atoms with van der Waals surface area (Å²) in [5.74, 6) is 1.29. The molecule has 25 heavy (non-hydrogen) atoms. The van der Waals surface area contributed by atoms with E-state index in [1.807, 2.05) is 54.6 Å². The third-order valence-corrected chi connectivity index (χ3v) is 4.10. The molecule has 0 fully saturated rings. The van der Waals surface area contributed by atoms with E-state index in [0.717, 1.165) is 22.0 Å². The molecule has 0 spiro atoms. The summed E-state index contributed by atoms with van der Waals surface area (Å²) < 4.78 is 6.06. The minimum Gasteiger partial charge on any atom is -0.472 e. The molecule has 4 rings (SSSR count). The van der Waals surface area contributed by atoms with E-state index in [9.17, 15) is 0 Å². The van der Waals surface area contributed by atoms with Crippen LogP contribution in [0.2, 0.25) is 0 Å². The van der Waals surface area contributed by atoms with Crippen molar-refractivity contribution in [3.63, 3.8) is 0 Å². The second kappa shape index (κ2) is 6.73. The van der Waals surface area contributed by atoms with Gasteiger partial charge in [-0.3, -0.25) is 0 Å². The number of hydrogen-bond donors (Lipinski definition) is 0. The Balaban J connectivity index is 1.72. The molecule has 3 heteroatoms. The lowest BCUT2D eigenvalue weighted by Gasteiger charge is -2.10. The fraction of sp³-hybridized carbons (Fsp3) is 0.0909. The summed E-state index contributed by atoms with van der Waals surface area (Å²) in [6.07, 6.45) is 0. The Bertz CT molecular complexity index is 995. The number of hydrogen-bond acceptors (Lipinski definition) is 3. The maximum Gasteiger partial charge on any atom is 0.225 e. The van der Waals surface area contributed by atoms with Gasteiger partial charge in [-0.2, -0.15) is 4.98 Å². The van der Waals surface area contributed by atoms with Crippen LogP contribution < -0.4 is 4.74 Å². The minimum absolute atomic E-state index is 0.482. The zero-order valence-electron chi connectivity index (χ0n) is 14.0. The van der Waals surface area contributed by atoms with Crippen molar-refractivity contribution in [1.82, 2.24) is 9.97 Å². The van der Waals surface area contributed by atoms with E-state index in [2.05, 4.69) is 41.2 Å². The zero-order valence-corrected chi connectivity index (χ0v) is 14.0. The molecule has 0 amide bonds. The van der Waals surface area contributed by atoms with Crippen LogP contribution in [0.4, 0.5) is 0 Å². The van der Waals surface area contributed by atoms with Gasteiger partial charge < -0.3 is 4.74 Å². The van der Waals surface area contributed by atoms with Gasteiger partial charge in [0.05, 0.1) is 10.9 Å². The molecule has 0 atom stereocenters. The van der Waals surface area contributed by atoms with Crippen LogP contribution in [-0.2, 0) is 6.61 Å². The number of fused-ring (bicyclic) bond motifs is 1. The van der Waals surface area contributed by atoms with E-state index in [1.54, 1.807) is 0 Å². The topological polar surface area (TPSA) is 35.0 Å². The van der Waals surface area contributed by atoms with E-state index >= 15 is 0 Å². The molecule has 1 aromatic heterocycles. The highest BCUT2D eigenvalue weighted by molar-refractivity contribution is 5.85. The molecule has 0 saturated heterocycles. The van der Waals surface area contributed by atoms with Crippen molar-refractivity contribution in [1.29, 1.82) is 0 Å². The normalized spacial score (nSPS) is 10.8. The number of nitrogens with zero attached hydrogens (tertiary/aromatic N) is 2. The molecule has 0 saturated carbocycles. The largest absolute Gasteiger partial charge is 0.472 e. The van der Waals surface area contributed by atoms with E-state index in [4.69, 9.17) is 4.74 Å². The second-order valence-electron chi connectivity index (χ2n) is 6.01. The molecule has 0 bridgehead atoms. The van der Waals surface area contributed by atoms with Crippen molar-refractivity contribution in [2.24, 2.45) is 0 Å². The van der Waals surface area contributed by atoms with E-state index in [-0.39, 0.29) is 0 Å². The SMILES string of the molecule is Cc1ccc(COc2nc(-c3ccccc3)nc3ccccc23)cc1. The van der Waals surface area contributed by atoms with E-state index in [1.165, 1.54) is 5.56 Å². The maximum atomic E-state index is 6.06. The first-order valence-electron chi connectivity index (χ1n) is 8.30. The molecule has 0 unspecified atom stereocenters. The number of aromatic nitrogens is 2. The summed E-state index contributed by atoms with van der Waals surface area (Å²) in [5.41, 5.74) is 4.22. The first-order valence-corrected chi connectivity index (χ1v) is 8.30. The van der Waals surface area contributed by atoms with Gasteiger partial charge in [0.2, 0.25) is 5.88 Å². The monoisotopic (exact) mass is 326 g/mol. The molecule has 4 aromatic rings. The summed E-state index contributed by atoms with van der Waals surface area (Å²) in [5, 5.41) is 0.925. The van der Waals surface area contributed by atoms with Crippen molar-refractivity contribution in [2.75, 3.05) is 0 Å². The Morgan fingerprint density at radius 3 is 2.28 bits per heavy atom. The van der Waals surface area contributed by atoms with Crippen molar-refractivity contribution < 1.29 is 4.74 Å². The fourth-order valence-corrected chi connectivity index (χ4v) is 2.71. The highest BCUT2D eigenvalue weighted by Gasteiger charge is 2.10.